The van der Waals surface area contributed by atoms with E-state index in [0.29, 0.717) is 10.9 Å². The Bertz CT molecular complexity index is 681. The van der Waals surface area contributed by atoms with E-state index in [1.54, 1.807) is 18.2 Å². The Balaban J connectivity index is 2.40. The molecule has 0 saturated carbocycles. The average Bonchev–Trinajstić information content (AvgIpc) is 2.87. The predicted molar refractivity (Wildman–Crippen MR) is 74.7 cm³/mol. The smallest absolute Gasteiger partial charge is 0.337 e. The van der Waals surface area contributed by atoms with Crippen LogP contribution in [0.1, 0.15) is 24.4 Å². The molecule has 1 aromatic heterocycles. The molecule has 2 atom stereocenters. The average molecular weight is 292 g/mol. The molecule has 0 aliphatic rings. The summed E-state index contributed by atoms with van der Waals surface area (Å²) in [5.41, 5.74) is 4.77. The van der Waals surface area contributed by atoms with Gasteiger partial charge in [0.05, 0.1) is 6.04 Å². The maximum atomic E-state index is 11.4. The van der Waals surface area contributed by atoms with Gasteiger partial charge in [-0.3, -0.25) is 4.79 Å². The number of rotatable bonds is 6. The monoisotopic (exact) mass is 292 g/mol. The number of carbonyl (C=O) groups is 2. The summed E-state index contributed by atoms with van der Waals surface area (Å²) in [5, 5.41) is 29.0. The number of hydrogen-bond acceptors (Lipinski definition) is 4. The van der Waals surface area contributed by atoms with Crippen molar-refractivity contribution in [2.45, 2.75) is 24.5 Å². The Morgan fingerprint density at radius 1 is 1.29 bits per heavy atom. The van der Waals surface area contributed by atoms with Crippen molar-refractivity contribution in [3.63, 3.8) is 0 Å². The highest BCUT2D eigenvalue weighted by Gasteiger charge is 2.44. The number of aromatic amines is 1. The molecule has 7 nitrogen and oxygen atoms in total. The third kappa shape index (κ3) is 2.74. The molecular weight excluding hydrogens is 276 g/mol. The number of aromatic nitrogens is 1. The highest BCUT2D eigenvalue weighted by atomic mass is 16.4. The minimum absolute atomic E-state index is 0.431. The highest BCUT2D eigenvalue weighted by molar-refractivity contribution is 5.86. The lowest BCUT2D eigenvalue weighted by Gasteiger charge is -2.29. The van der Waals surface area contributed by atoms with Crippen molar-refractivity contribution in [3.05, 3.63) is 36.0 Å². The van der Waals surface area contributed by atoms with Crippen molar-refractivity contribution in [1.82, 2.24) is 4.98 Å². The molecule has 0 amide bonds. The van der Waals surface area contributed by atoms with Crippen molar-refractivity contribution in [1.29, 1.82) is 0 Å². The fraction of sp³-hybridized carbons (Fsp3) is 0.286. The van der Waals surface area contributed by atoms with E-state index in [-0.39, 0.29) is 0 Å². The first-order valence-corrected chi connectivity index (χ1v) is 6.35. The number of aliphatic hydroxyl groups is 1. The fourth-order valence-corrected chi connectivity index (χ4v) is 2.30. The summed E-state index contributed by atoms with van der Waals surface area (Å²) in [4.78, 5) is 25.0. The van der Waals surface area contributed by atoms with Crippen LogP contribution in [0, 0.1) is 0 Å². The molecule has 2 unspecified atom stereocenters. The zero-order valence-electron chi connectivity index (χ0n) is 11.1. The van der Waals surface area contributed by atoms with E-state index in [4.69, 9.17) is 10.8 Å². The van der Waals surface area contributed by atoms with Gasteiger partial charge in [-0.25, -0.2) is 4.79 Å². The SMILES string of the molecule is NC(c1c[nH]c2ccccc12)C(O)(CCC(=O)O)C(=O)O. The summed E-state index contributed by atoms with van der Waals surface area (Å²) in [6.07, 6.45) is 0.571. The summed E-state index contributed by atoms with van der Waals surface area (Å²) < 4.78 is 0. The van der Waals surface area contributed by atoms with Crippen LogP contribution in [-0.4, -0.2) is 37.8 Å². The standard InChI is InChI=1S/C14H16N2O5/c15-12(14(21,13(19)20)6-5-11(17)18)9-7-16-10-4-2-1-3-8(9)10/h1-4,7,12,16,21H,5-6,15H2,(H,17,18)(H,19,20). The Morgan fingerprint density at radius 2 is 1.95 bits per heavy atom. The second kappa shape index (κ2) is 5.55. The van der Waals surface area contributed by atoms with Crippen LogP contribution in [0.15, 0.2) is 30.5 Å². The second-order valence-electron chi connectivity index (χ2n) is 4.89. The van der Waals surface area contributed by atoms with Crippen molar-refractivity contribution in [2.24, 2.45) is 5.73 Å². The number of fused-ring (bicyclic) bond motifs is 1. The number of benzene rings is 1. The van der Waals surface area contributed by atoms with Gasteiger partial charge in [0.25, 0.3) is 0 Å². The zero-order valence-corrected chi connectivity index (χ0v) is 11.1. The number of H-pyrrole nitrogens is 1. The maximum Gasteiger partial charge on any atom is 0.337 e. The summed E-state index contributed by atoms with van der Waals surface area (Å²) in [5.74, 6) is -2.73. The minimum atomic E-state index is -2.34. The zero-order chi connectivity index (χ0) is 15.6. The van der Waals surface area contributed by atoms with E-state index >= 15 is 0 Å². The quantitative estimate of drug-likeness (QED) is 0.535. The molecule has 1 heterocycles. The van der Waals surface area contributed by atoms with Gasteiger partial charge in [0, 0.05) is 23.5 Å². The van der Waals surface area contributed by atoms with E-state index < -0.39 is 36.4 Å². The third-order valence-corrected chi connectivity index (χ3v) is 3.56. The number of para-hydroxylation sites is 1. The van der Waals surface area contributed by atoms with E-state index in [1.807, 2.05) is 6.07 Å². The lowest BCUT2D eigenvalue weighted by Crippen LogP contribution is -2.48. The highest BCUT2D eigenvalue weighted by Crippen LogP contribution is 2.32. The van der Waals surface area contributed by atoms with Crippen LogP contribution in [0.2, 0.25) is 0 Å². The topological polar surface area (TPSA) is 137 Å². The maximum absolute atomic E-state index is 11.4. The number of nitrogens with one attached hydrogen (secondary N) is 1. The van der Waals surface area contributed by atoms with Gasteiger partial charge in [0.2, 0.25) is 0 Å². The van der Waals surface area contributed by atoms with Crippen LogP contribution in [0.5, 0.6) is 0 Å². The number of hydrogen-bond donors (Lipinski definition) is 5. The fourth-order valence-electron chi connectivity index (χ4n) is 2.30. The Labute approximate surface area is 120 Å². The lowest BCUT2D eigenvalue weighted by molar-refractivity contribution is -0.163. The molecule has 0 aliphatic heterocycles. The summed E-state index contributed by atoms with van der Waals surface area (Å²) in [7, 11) is 0. The molecule has 112 valence electrons. The van der Waals surface area contributed by atoms with Crippen molar-refractivity contribution in [2.75, 3.05) is 0 Å². The molecule has 2 aromatic rings. The molecule has 21 heavy (non-hydrogen) atoms. The Hall–Kier alpha value is -2.38. The first-order valence-electron chi connectivity index (χ1n) is 6.35. The van der Waals surface area contributed by atoms with Gasteiger partial charge < -0.3 is 26.0 Å². The predicted octanol–water partition coefficient (Wildman–Crippen LogP) is 0.848. The first kappa shape index (κ1) is 15.0. The van der Waals surface area contributed by atoms with E-state index in [1.165, 1.54) is 6.20 Å². The second-order valence-corrected chi connectivity index (χ2v) is 4.89. The van der Waals surface area contributed by atoms with Gasteiger partial charge in [-0.15, -0.1) is 0 Å². The summed E-state index contributed by atoms with van der Waals surface area (Å²) >= 11 is 0. The van der Waals surface area contributed by atoms with Gasteiger partial charge in [0.15, 0.2) is 5.60 Å². The lowest BCUT2D eigenvalue weighted by atomic mass is 9.85. The largest absolute Gasteiger partial charge is 0.481 e. The van der Waals surface area contributed by atoms with Crippen LogP contribution in [0.3, 0.4) is 0 Å². The molecule has 0 fully saturated rings. The van der Waals surface area contributed by atoms with Crippen LogP contribution < -0.4 is 5.73 Å². The minimum Gasteiger partial charge on any atom is -0.481 e. The molecule has 1 aromatic carbocycles. The van der Waals surface area contributed by atoms with Gasteiger partial charge in [0.1, 0.15) is 0 Å². The summed E-state index contributed by atoms with van der Waals surface area (Å²) in [6.45, 7) is 0. The number of aliphatic carboxylic acids is 2. The van der Waals surface area contributed by atoms with Crippen LogP contribution in [0.25, 0.3) is 10.9 Å². The van der Waals surface area contributed by atoms with Crippen molar-refractivity contribution >= 4 is 22.8 Å². The molecule has 0 spiro atoms. The van der Waals surface area contributed by atoms with E-state index in [2.05, 4.69) is 4.98 Å². The van der Waals surface area contributed by atoms with Gasteiger partial charge >= 0.3 is 11.9 Å². The van der Waals surface area contributed by atoms with Crippen LogP contribution in [0.4, 0.5) is 0 Å². The molecular formula is C14H16N2O5. The summed E-state index contributed by atoms with van der Waals surface area (Å²) in [6, 6.07) is 5.87. The number of nitrogens with two attached hydrogens (primary N) is 1. The molecule has 2 rings (SSSR count). The van der Waals surface area contributed by atoms with E-state index in [0.717, 1.165) is 5.52 Å². The number of carboxylic acids is 2. The first-order chi connectivity index (χ1) is 9.86. The van der Waals surface area contributed by atoms with Crippen molar-refractivity contribution in [3.8, 4) is 0 Å². The van der Waals surface area contributed by atoms with E-state index in [9.17, 15) is 19.8 Å². The molecule has 7 heteroatoms. The third-order valence-electron chi connectivity index (χ3n) is 3.56. The Kier molecular flexibility index (Phi) is 3.97. The molecule has 0 radical (unpaired) electrons. The van der Waals surface area contributed by atoms with Crippen molar-refractivity contribution < 1.29 is 24.9 Å². The molecule has 0 saturated heterocycles. The number of carboxylic acid groups (broad SMARTS) is 2. The van der Waals surface area contributed by atoms with Crippen LogP contribution >= 0.6 is 0 Å². The molecule has 0 aliphatic carbocycles. The normalized spacial score (nSPS) is 15.5. The molecule has 0 bridgehead atoms. The van der Waals surface area contributed by atoms with Gasteiger partial charge in [-0.1, -0.05) is 18.2 Å². The Morgan fingerprint density at radius 3 is 2.57 bits per heavy atom. The van der Waals surface area contributed by atoms with Crippen LogP contribution in [-0.2, 0) is 9.59 Å². The van der Waals surface area contributed by atoms with Gasteiger partial charge in [-0.05, 0) is 18.1 Å². The van der Waals surface area contributed by atoms with Gasteiger partial charge in [-0.2, -0.15) is 0 Å². The molecule has 6 N–H and O–H groups in total.